The van der Waals surface area contributed by atoms with E-state index in [9.17, 15) is 0 Å². The first-order chi connectivity index (χ1) is 7.13. The van der Waals surface area contributed by atoms with Crippen molar-refractivity contribution >= 4 is 0 Å². The minimum absolute atomic E-state index is 0.388. The van der Waals surface area contributed by atoms with Gasteiger partial charge in [0.05, 0.1) is 0 Å². The van der Waals surface area contributed by atoms with Crippen molar-refractivity contribution in [2.75, 3.05) is 33.7 Å². The highest BCUT2D eigenvalue weighted by molar-refractivity contribution is 4.77. The molecule has 1 heterocycles. The summed E-state index contributed by atoms with van der Waals surface area (Å²) in [6.07, 6.45) is 4.86. The summed E-state index contributed by atoms with van der Waals surface area (Å²) >= 11 is 0. The number of nitrogens with zero attached hydrogens (tertiary/aromatic N) is 2. The zero-order chi connectivity index (χ0) is 11.3. The predicted molar refractivity (Wildman–Crippen MR) is 66.0 cm³/mol. The van der Waals surface area contributed by atoms with Crippen molar-refractivity contribution in [3.63, 3.8) is 0 Å². The molecule has 15 heavy (non-hydrogen) atoms. The summed E-state index contributed by atoms with van der Waals surface area (Å²) in [5, 5.41) is 0. The van der Waals surface area contributed by atoms with Gasteiger partial charge in [-0.15, -0.1) is 0 Å². The Morgan fingerprint density at radius 2 is 2.00 bits per heavy atom. The Morgan fingerprint density at radius 1 is 1.40 bits per heavy atom. The second-order valence-corrected chi connectivity index (χ2v) is 4.97. The van der Waals surface area contributed by atoms with Gasteiger partial charge >= 0.3 is 0 Å². The van der Waals surface area contributed by atoms with E-state index in [1.807, 2.05) is 0 Å². The van der Waals surface area contributed by atoms with Gasteiger partial charge in [0.25, 0.3) is 0 Å². The maximum atomic E-state index is 5.94. The predicted octanol–water partition coefficient (Wildman–Crippen LogP) is 1.14. The van der Waals surface area contributed by atoms with Gasteiger partial charge in [-0.25, -0.2) is 0 Å². The van der Waals surface area contributed by atoms with E-state index in [4.69, 9.17) is 5.73 Å². The number of rotatable bonds is 5. The van der Waals surface area contributed by atoms with Crippen LogP contribution in [0.5, 0.6) is 0 Å². The highest BCUT2D eigenvalue weighted by Gasteiger charge is 2.20. The average Bonchev–Trinajstić information content (AvgIpc) is 2.26. The monoisotopic (exact) mass is 213 g/mol. The molecule has 3 heteroatoms. The molecule has 1 fully saturated rings. The molecule has 1 saturated heterocycles. The van der Waals surface area contributed by atoms with Crippen molar-refractivity contribution in [1.82, 2.24) is 9.80 Å². The van der Waals surface area contributed by atoms with Crippen LogP contribution in [0.4, 0.5) is 0 Å². The van der Waals surface area contributed by atoms with Crippen LogP contribution in [0.25, 0.3) is 0 Å². The lowest BCUT2D eigenvalue weighted by Crippen LogP contribution is -2.43. The summed E-state index contributed by atoms with van der Waals surface area (Å²) in [6, 6.07) is 1.17. The second-order valence-electron chi connectivity index (χ2n) is 4.97. The zero-order valence-electron chi connectivity index (χ0n) is 10.6. The molecule has 1 aliphatic heterocycles. The molecule has 1 aliphatic rings. The summed E-state index contributed by atoms with van der Waals surface area (Å²) in [7, 11) is 4.46. The summed E-state index contributed by atoms with van der Waals surface area (Å²) < 4.78 is 0. The third-order valence-corrected chi connectivity index (χ3v) is 3.69. The highest BCUT2D eigenvalue weighted by Crippen LogP contribution is 2.14. The number of nitrogens with two attached hydrogens (primary N) is 1. The van der Waals surface area contributed by atoms with Gasteiger partial charge in [0, 0.05) is 12.1 Å². The normalized spacial score (nSPS) is 22.2. The molecule has 90 valence electrons. The van der Waals surface area contributed by atoms with E-state index in [-0.39, 0.29) is 0 Å². The summed E-state index contributed by atoms with van der Waals surface area (Å²) in [5.74, 6) is 0. The molecule has 0 bridgehead atoms. The second kappa shape index (κ2) is 6.46. The van der Waals surface area contributed by atoms with Crippen molar-refractivity contribution < 1.29 is 0 Å². The Kier molecular flexibility index (Phi) is 5.58. The Labute approximate surface area is 94.6 Å². The van der Waals surface area contributed by atoms with Crippen LogP contribution in [-0.2, 0) is 0 Å². The van der Waals surface area contributed by atoms with E-state index in [1.54, 1.807) is 0 Å². The zero-order valence-corrected chi connectivity index (χ0v) is 10.6. The van der Waals surface area contributed by atoms with E-state index in [0.717, 1.165) is 25.4 Å². The molecule has 0 aromatic carbocycles. The van der Waals surface area contributed by atoms with Crippen LogP contribution in [0.2, 0.25) is 0 Å². The van der Waals surface area contributed by atoms with Crippen LogP contribution < -0.4 is 5.73 Å². The van der Waals surface area contributed by atoms with Crippen molar-refractivity contribution in [1.29, 1.82) is 0 Å². The fourth-order valence-electron chi connectivity index (χ4n) is 2.19. The van der Waals surface area contributed by atoms with Crippen LogP contribution >= 0.6 is 0 Å². The van der Waals surface area contributed by atoms with Crippen LogP contribution in [-0.4, -0.2) is 55.6 Å². The van der Waals surface area contributed by atoms with Crippen molar-refractivity contribution in [3.05, 3.63) is 0 Å². The third kappa shape index (κ3) is 4.49. The Balaban J connectivity index is 2.19. The van der Waals surface area contributed by atoms with Gasteiger partial charge in [-0.1, -0.05) is 6.92 Å². The first-order valence-electron chi connectivity index (χ1n) is 6.27. The maximum Gasteiger partial charge on any atom is 0.0117 e. The minimum Gasteiger partial charge on any atom is -0.328 e. The van der Waals surface area contributed by atoms with Gasteiger partial charge in [0.15, 0.2) is 0 Å². The Hall–Kier alpha value is -0.120. The Bertz CT molecular complexity index is 164. The molecular weight excluding hydrogens is 186 g/mol. The van der Waals surface area contributed by atoms with Gasteiger partial charge in [-0.05, 0) is 59.4 Å². The number of hydrogen-bond acceptors (Lipinski definition) is 3. The van der Waals surface area contributed by atoms with Crippen molar-refractivity contribution in [2.24, 2.45) is 5.73 Å². The summed E-state index contributed by atoms with van der Waals surface area (Å²) in [4.78, 5) is 4.92. The SMILES string of the molecule is CCC(N)CCN(C)C1CCN(C)CC1. The fraction of sp³-hybridized carbons (Fsp3) is 1.00. The maximum absolute atomic E-state index is 5.94. The van der Waals surface area contributed by atoms with Gasteiger partial charge in [0.2, 0.25) is 0 Å². The molecule has 0 saturated carbocycles. The lowest BCUT2D eigenvalue weighted by molar-refractivity contribution is 0.141. The van der Waals surface area contributed by atoms with Crippen LogP contribution in [0.3, 0.4) is 0 Å². The summed E-state index contributed by atoms with van der Waals surface area (Å²) in [5.41, 5.74) is 5.94. The fourth-order valence-corrected chi connectivity index (χ4v) is 2.19. The van der Waals surface area contributed by atoms with E-state index < -0.39 is 0 Å². The first kappa shape index (κ1) is 12.9. The van der Waals surface area contributed by atoms with Crippen LogP contribution in [0.1, 0.15) is 32.6 Å². The van der Waals surface area contributed by atoms with Crippen molar-refractivity contribution in [3.8, 4) is 0 Å². The minimum atomic E-state index is 0.388. The third-order valence-electron chi connectivity index (χ3n) is 3.69. The molecule has 1 unspecified atom stereocenters. The standard InChI is InChI=1S/C12H27N3/c1-4-11(13)5-10-15(3)12-6-8-14(2)9-7-12/h11-12H,4-10,13H2,1-3H3. The van der Waals surface area contributed by atoms with Crippen LogP contribution in [0, 0.1) is 0 Å². The lowest BCUT2D eigenvalue weighted by atomic mass is 10.0. The summed E-state index contributed by atoms with van der Waals surface area (Å²) in [6.45, 7) is 5.81. The number of likely N-dealkylation sites (tertiary alicyclic amines) is 1. The van der Waals surface area contributed by atoms with Gasteiger partial charge in [-0.2, -0.15) is 0 Å². The topological polar surface area (TPSA) is 32.5 Å². The van der Waals surface area contributed by atoms with E-state index in [1.165, 1.54) is 25.9 Å². The molecule has 1 atom stereocenters. The molecule has 0 radical (unpaired) electrons. The first-order valence-corrected chi connectivity index (χ1v) is 6.27. The largest absolute Gasteiger partial charge is 0.328 e. The quantitative estimate of drug-likeness (QED) is 0.743. The molecule has 2 N–H and O–H groups in total. The van der Waals surface area contributed by atoms with Gasteiger partial charge in [-0.3, -0.25) is 0 Å². The average molecular weight is 213 g/mol. The van der Waals surface area contributed by atoms with Gasteiger partial charge < -0.3 is 15.5 Å². The molecule has 0 aromatic heterocycles. The van der Waals surface area contributed by atoms with E-state index in [0.29, 0.717) is 6.04 Å². The van der Waals surface area contributed by atoms with E-state index >= 15 is 0 Å². The van der Waals surface area contributed by atoms with Gasteiger partial charge in [0.1, 0.15) is 0 Å². The number of hydrogen-bond donors (Lipinski definition) is 1. The highest BCUT2D eigenvalue weighted by atomic mass is 15.2. The molecule has 0 amide bonds. The molecule has 1 rings (SSSR count). The van der Waals surface area contributed by atoms with Crippen molar-refractivity contribution in [2.45, 2.75) is 44.7 Å². The van der Waals surface area contributed by atoms with E-state index in [2.05, 4.69) is 30.8 Å². The molecule has 0 spiro atoms. The Morgan fingerprint density at radius 3 is 2.53 bits per heavy atom. The molecule has 0 aliphatic carbocycles. The van der Waals surface area contributed by atoms with Crippen LogP contribution in [0.15, 0.2) is 0 Å². The molecular formula is C12H27N3. The molecule has 0 aromatic rings. The number of piperidine rings is 1. The molecule has 3 nitrogen and oxygen atoms in total. The lowest BCUT2D eigenvalue weighted by Gasteiger charge is -2.35. The smallest absolute Gasteiger partial charge is 0.0117 e.